The third-order valence-electron chi connectivity index (χ3n) is 5.46. The van der Waals surface area contributed by atoms with Gasteiger partial charge < -0.3 is 9.15 Å². The van der Waals surface area contributed by atoms with Crippen LogP contribution < -0.4 is 4.74 Å². The van der Waals surface area contributed by atoms with Crippen LogP contribution >= 0.6 is 31.9 Å². The normalized spacial score (nSPS) is 19.4. The summed E-state index contributed by atoms with van der Waals surface area (Å²) in [4.78, 5) is 13.1. The smallest absolute Gasteiger partial charge is 0.322 e. The number of halogens is 2. The largest absolute Gasteiger partial charge is 0.461 e. The molecule has 3 rings (SSSR count). The summed E-state index contributed by atoms with van der Waals surface area (Å²) < 4.78 is 12.8. The van der Waals surface area contributed by atoms with E-state index in [1.807, 2.05) is 44.2 Å². The van der Waals surface area contributed by atoms with Crippen LogP contribution in [0.1, 0.15) is 51.2 Å². The van der Waals surface area contributed by atoms with Crippen molar-refractivity contribution in [2.45, 2.75) is 47.0 Å². The molecule has 5 heteroatoms. The number of hydrogen-bond donors (Lipinski definition) is 0. The lowest BCUT2D eigenvalue weighted by molar-refractivity contribution is -0.139. The third kappa shape index (κ3) is 5.13. The molecular formula is C24H26Br2O3. The molecule has 154 valence electrons. The topological polar surface area (TPSA) is 39.4 Å². The van der Waals surface area contributed by atoms with Crippen molar-refractivity contribution in [2.24, 2.45) is 10.8 Å². The van der Waals surface area contributed by atoms with Crippen LogP contribution in [0.2, 0.25) is 0 Å². The van der Waals surface area contributed by atoms with E-state index in [4.69, 9.17) is 9.15 Å². The molecule has 1 heterocycles. The summed E-state index contributed by atoms with van der Waals surface area (Å²) >= 11 is 6.79. The summed E-state index contributed by atoms with van der Waals surface area (Å²) in [6.07, 6.45) is 5.97. The Labute approximate surface area is 189 Å². The van der Waals surface area contributed by atoms with Crippen molar-refractivity contribution in [3.8, 4) is 5.75 Å². The highest BCUT2D eigenvalue weighted by Gasteiger charge is 2.66. The molecule has 1 aliphatic rings. The molecule has 0 N–H and O–H groups in total. The Hall–Kier alpha value is -1.59. The van der Waals surface area contributed by atoms with Crippen molar-refractivity contribution in [3.63, 3.8) is 0 Å². The van der Waals surface area contributed by atoms with Gasteiger partial charge in [0.05, 0.1) is 8.81 Å². The molecule has 1 unspecified atom stereocenters. The van der Waals surface area contributed by atoms with Crippen molar-refractivity contribution in [1.82, 2.24) is 0 Å². The Kier molecular flexibility index (Phi) is 6.59. The summed E-state index contributed by atoms with van der Waals surface area (Å²) in [7, 11) is 0. The number of furan rings is 1. The lowest BCUT2D eigenvalue weighted by Gasteiger charge is -2.15. The minimum atomic E-state index is -0.639. The van der Waals surface area contributed by atoms with E-state index in [0.717, 1.165) is 21.1 Å². The van der Waals surface area contributed by atoms with Gasteiger partial charge in [-0.25, -0.2) is 0 Å². The standard InChI is InChI=1S/C24H26Br2O3/c1-16(2)10-11-19-20(13-18(28-19)12-17-8-6-5-7-9-17)29-22(27)24(14-21(25)26)15-23(24,3)4/h5-10,13-14H,11-12,15H2,1-4H3. The minimum absolute atomic E-state index is 0.145. The van der Waals surface area contributed by atoms with E-state index in [1.165, 1.54) is 5.57 Å². The van der Waals surface area contributed by atoms with Gasteiger partial charge >= 0.3 is 5.97 Å². The molecule has 2 aromatic rings. The number of hydrogen-bond acceptors (Lipinski definition) is 3. The van der Waals surface area contributed by atoms with Crippen molar-refractivity contribution in [2.75, 3.05) is 0 Å². The predicted octanol–water partition coefficient (Wildman–Crippen LogP) is 7.33. The summed E-state index contributed by atoms with van der Waals surface area (Å²) in [6.45, 7) is 8.24. The van der Waals surface area contributed by atoms with Gasteiger partial charge in [0.1, 0.15) is 5.76 Å². The molecule has 1 aromatic carbocycles. The first-order valence-corrected chi connectivity index (χ1v) is 11.3. The fourth-order valence-electron chi connectivity index (χ4n) is 3.56. The summed E-state index contributed by atoms with van der Waals surface area (Å²) in [6, 6.07) is 12.0. The lowest BCUT2D eigenvalue weighted by Crippen LogP contribution is -2.25. The van der Waals surface area contributed by atoms with Crippen LogP contribution in [0.4, 0.5) is 0 Å². The summed E-state index contributed by atoms with van der Waals surface area (Å²) in [5.74, 6) is 1.74. The first-order chi connectivity index (χ1) is 13.6. The molecule has 1 fully saturated rings. The maximum Gasteiger partial charge on any atom is 0.322 e. The molecule has 0 saturated heterocycles. The maximum absolute atomic E-state index is 13.1. The van der Waals surface area contributed by atoms with E-state index in [1.54, 1.807) is 0 Å². The van der Waals surface area contributed by atoms with Gasteiger partial charge in [0.25, 0.3) is 0 Å². The van der Waals surface area contributed by atoms with Gasteiger partial charge in [0.2, 0.25) is 0 Å². The Morgan fingerprint density at radius 1 is 1.21 bits per heavy atom. The Morgan fingerprint density at radius 3 is 2.41 bits per heavy atom. The van der Waals surface area contributed by atoms with Gasteiger partial charge in [-0.1, -0.05) is 55.8 Å². The second-order valence-corrected chi connectivity index (χ2v) is 11.3. The SMILES string of the molecule is CC(C)=CCc1oc(Cc2ccccc2)cc1OC(=O)C1(C=C(Br)Br)CC1(C)C. The highest BCUT2D eigenvalue weighted by Crippen LogP contribution is 2.65. The highest BCUT2D eigenvalue weighted by molar-refractivity contribution is 9.28. The average Bonchev–Trinajstić information content (AvgIpc) is 2.99. The summed E-state index contributed by atoms with van der Waals surface area (Å²) in [5, 5.41) is 0. The zero-order valence-electron chi connectivity index (χ0n) is 17.2. The minimum Gasteiger partial charge on any atom is -0.461 e. The third-order valence-corrected chi connectivity index (χ3v) is 5.92. The van der Waals surface area contributed by atoms with Crippen LogP contribution in [0.25, 0.3) is 0 Å². The van der Waals surface area contributed by atoms with Gasteiger partial charge in [0, 0.05) is 18.9 Å². The van der Waals surface area contributed by atoms with Crippen molar-refractivity contribution < 1.29 is 13.9 Å². The Bertz CT molecular complexity index is 946. The van der Waals surface area contributed by atoms with E-state index in [2.05, 4.69) is 63.9 Å². The first-order valence-electron chi connectivity index (χ1n) is 9.68. The number of ether oxygens (including phenoxy) is 1. The molecule has 1 atom stereocenters. The molecule has 3 nitrogen and oxygen atoms in total. The fourth-order valence-corrected chi connectivity index (χ4v) is 4.34. The molecular weight excluding hydrogens is 496 g/mol. The second-order valence-electron chi connectivity index (χ2n) is 8.50. The van der Waals surface area contributed by atoms with E-state index < -0.39 is 5.41 Å². The number of carbonyl (C=O) groups is 1. The molecule has 0 amide bonds. The molecule has 1 aromatic heterocycles. The second kappa shape index (κ2) is 8.65. The first kappa shape index (κ1) is 22.1. The quantitative estimate of drug-likeness (QED) is 0.283. The molecule has 0 aliphatic heterocycles. The predicted molar refractivity (Wildman–Crippen MR) is 123 cm³/mol. The Morgan fingerprint density at radius 2 is 1.86 bits per heavy atom. The Balaban J connectivity index is 1.87. The van der Waals surface area contributed by atoms with Crippen LogP contribution in [0.3, 0.4) is 0 Å². The fraction of sp³-hybridized carbons (Fsp3) is 0.375. The number of carbonyl (C=O) groups excluding carboxylic acids is 1. The van der Waals surface area contributed by atoms with Crippen molar-refractivity contribution in [3.05, 3.63) is 74.6 Å². The monoisotopic (exact) mass is 520 g/mol. The molecule has 1 saturated carbocycles. The average molecular weight is 522 g/mol. The number of allylic oxidation sites excluding steroid dienone is 2. The van der Waals surface area contributed by atoms with Crippen molar-refractivity contribution in [1.29, 1.82) is 0 Å². The zero-order valence-corrected chi connectivity index (χ0v) is 20.4. The number of esters is 1. The number of rotatable bonds is 7. The van der Waals surface area contributed by atoms with Gasteiger partial charge in [-0.15, -0.1) is 0 Å². The van der Waals surface area contributed by atoms with Gasteiger partial charge in [-0.3, -0.25) is 4.79 Å². The highest BCUT2D eigenvalue weighted by atomic mass is 79.9. The molecule has 0 radical (unpaired) electrons. The van der Waals surface area contributed by atoms with Crippen LogP contribution in [-0.4, -0.2) is 5.97 Å². The molecule has 0 bridgehead atoms. The maximum atomic E-state index is 13.1. The molecule has 1 aliphatic carbocycles. The lowest BCUT2D eigenvalue weighted by atomic mass is 9.96. The molecule has 29 heavy (non-hydrogen) atoms. The van der Waals surface area contributed by atoms with E-state index in [9.17, 15) is 4.79 Å². The van der Waals surface area contributed by atoms with Crippen LogP contribution in [0, 0.1) is 10.8 Å². The van der Waals surface area contributed by atoms with Gasteiger partial charge in [-0.05, 0) is 69.2 Å². The van der Waals surface area contributed by atoms with Crippen molar-refractivity contribution >= 4 is 37.8 Å². The van der Waals surface area contributed by atoms with Gasteiger partial charge in [0.15, 0.2) is 11.5 Å². The van der Waals surface area contributed by atoms with Crippen LogP contribution in [-0.2, 0) is 17.6 Å². The van der Waals surface area contributed by atoms with E-state index in [-0.39, 0.29) is 11.4 Å². The van der Waals surface area contributed by atoms with E-state index >= 15 is 0 Å². The van der Waals surface area contributed by atoms with Crippen LogP contribution in [0.15, 0.2) is 61.9 Å². The molecule has 0 spiro atoms. The van der Waals surface area contributed by atoms with Gasteiger partial charge in [-0.2, -0.15) is 0 Å². The zero-order chi connectivity index (χ0) is 21.2. The van der Waals surface area contributed by atoms with Crippen LogP contribution in [0.5, 0.6) is 5.75 Å². The van der Waals surface area contributed by atoms with E-state index in [0.29, 0.717) is 24.4 Å². The summed E-state index contributed by atoms with van der Waals surface area (Å²) in [5.41, 5.74) is 1.56. The number of benzene rings is 1.